The van der Waals surface area contributed by atoms with Crippen molar-refractivity contribution in [2.45, 2.75) is 12.9 Å². The van der Waals surface area contributed by atoms with Crippen LogP contribution in [-0.4, -0.2) is 59.8 Å². The van der Waals surface area contributed by atoms with Gasteiger partial charge in [0.25, 0.3) is 0 Å². The van der Waals surface area contributed by atoms with Crippen molar-refractivity contribution in [3.8, 4) is 0 Å². The van der Waals surface area contributed by atoms with E-state index in [1.54, 1.807) is 6.92 Å². The van der Waals surface area contributed by atoms with Gasteiger partial charge in [-0.15, -0.1) is 0 Å². The third kappa shape index (κ3) is 9.97. The lowest BCUT2D eigenvalue weighted by Gasteiger charge is -2.26. The molecule has 1 amide bonds. The van der Waals surface area contributed by atoms with Crippen LogP contribution in [0.4, 0.5) is 0 Å². The van der Waals surface area contributed by atoms with E-state index in [0.717, 1.165) is 7.11 Å². The number of amides is 1. The van der Waals surface area contributed by atoms with Crippen LogP contribution in [0.2, 0.25) is 0 Å². The van der Waals surface area contributed by atoms with E-state index in [1.807, 2.05) is 0 Å². The second-order valence-electron chi connectivity index (χ2n) is 3.42. The minimum Gasteiger partial charge on any atom is -0.726 e. The summed E-state index contributed by atoms with van der Waals surface area (Å²) in [7, 11) is 0.747. The zero-order valence-corrected chi connectivity index (χ0v) is 13.0. The van der Waals surface area contributed by atoms with Crippen LogP contribution in [0.3, 0.4) is 0 Å². The van der Waals surface area contributed by atoms with E-state index in [-0.39, 0.29) is 12.5 Å². The molecule has 0 saturated carbocycles. The first-order valence-electron chi connectivity index (χ1n) is 5.27. The summed E-state index contributed by atoms with van der Waals surface area (Å²) in [5, 5.41) is 1.43. The third-order valence-electron chi connectivity index (χ3n) is 2.10. The van der Waals surface area contributed by atoms with E-state index < -0.39 is 16.4 Å². The van der Waals surface area contributed by atoms with Gasteiger partial charge in [-0.25, -0.2) is 13.2 Å². The number of ether oxygens (including phenoxy) is 3. The smallest absolute Gasteiger partial charge is 0.337 e. The van der Waals surface area contributed by atoms with Gasteiger partial charge in [0, 0.05) is 26.9 Å². The Morgan fingerprint density at radius 1 is 1.20 bits per heavy atom. The van der Waals surface area contributed by atoms with E-state index in [4.69, 9.17) is 14.2 Å². The van der Waals surface area contributed by atoms with Crippen molar-refractivity contribution in [3.05, 3.63) is 12.2 Å². The Labute approximate surface area is 118 Å². The lowest BCUT2D eigenvalue weighted by molar-refractivity contribution is -0.614. The number of quaternary nitrogens is 1. The van der Waals surface area contributed by atoms with E-state index in [2.05, 4.69) is 10.8 Å². The van der Waals surface area contributed by atoms with Crippen molar-refractivity contribution < 1.29 is 41.5 Å². The summed E-state index contributed by atoms with van der Waals surface area (Å²) in [5.41, 5.74) is 0.474. The van der Waals surface area contributed by atoms with Crippen molar-refractivity contribution in [2.75, 3.05) is 35.0 Å². The predicted octanol–water partition coefficient (Wildman–Crippen LogP) is -1.66. The molecule has 0 aliphatic heterocycles. The summed E-state index contributed by atoms with van der Waals surface area (Å²) < 4.78 is 46.0. The van der Waals surface area contributed by atoms with Crippen molar-refractivity contribution in [1.29, 1.82) is 0 Å². The van der Waals surface area contributed by atoms with Crippen molar-refractivity contribution >= 4 is 16.3 Å². The van der Waals surface area contributed by atoms with Gasteiger partial charge >= 0.3 is 11.9 Å². The fraction of sp³-hybridized carbons (Fsp3) is 0.700. The minimum absolute atomic E-state index is 0.138. The summed E-state index contributed by atoms with van der Waals surface area (Å²) in [6.45, 7) is 5.40. The van der Waals surface area contributed by atoms with Gasteiger partial charge in [0.1, 0.15) is 0 Å². The lowest BCUT2D eigenvalue weighted by Crippen LogP contribution is -2.92. The number of carbonyl (C=O) groups excluding carboxylic acids is 1. The fourth-order valence-electron chi connectivity index (χ4n) is 0.892. The Bertz CT molecular complexity index is 393. The molecule has 0 fully saturated rings. The highest BCUT2D eigenvalue weighted by atomic mass is 32.3. The van der Waals surface area contributed by atoms with Crippen LogP contribution in [-0.2, 0) is 33.6 Å². The molecule has 0 bridgehead atoms. The maximum absolute atomic E-state index is 11.2. The molecule has 0 heterocycles. The number of primary amides is 1. The van der Waals surface area contributed by atoms with Gasteiger partial charge in [-0.05, 0) is 6.92 Å². The summed E-state index contributed by atoms with van der Waals surface area (Å²) in [4.78, 5) is 11.2. The van der Waals surface area contributed by atoms with Crippen LogP contribution in [0.15, 0.2) is 12.2 Å². The van der Waals surface area contributed by atoms with Crippen LogP contribution in [0, 0.1) is 0 Å². The molecular formula is C10H21NO8S. The summed E-state index contributed by atoms with van der Waals surface area (Å²) >= 11 is 0. The van der Waals surface area contributed by atoms with E-state index in [0.29, 0.717) is 5.57 Å². The zero-order valence-electron chi connectivity index (χ0n) is 12.2. The van der Waals surface area contributed by atoms with Gasteiger partial charge < -0.3 is 18.8 Å². The summed E-state index contributed by atoms with van der Waals surface area (Å²) in [6.07, 6.45) is 0. The molecule has 120 valence electrons. The number of methoxy groups -OCH3 is 3. The van der Waals surface area contributed by atoms with Gasteiger partial charge in [-0.1, -0.05) is 6.58 Å². The maximum Gasteiger partial charge on any atom is 0.337 e. The lowest BCUT2D eigenvalue weighted by atomic mass is 10.3. The molecule has 0 aromatic carbocycles. The normalized spacial score (nSPS) is 11.5. The second-order valence-corrected chi connectivity index (χ2v) is 4.57. The Morgan fingerprint density at radius 2 is 1.55 bits per heavy atom. The van der Waals surface area contributed by atoms with Crippen LogP contribution >= 0.6 is 0 Å². The summed E-state index contributed by atoms with van der Waals surface area (Å²) in [5.74, 6) is -1.31. The largest absolute Gasteiger partial charge is 0.726 e. The third-order valence-corrected chi connectivity index (χ3v) is 2.50. The van der Waals surface area contributed by atoms with Crippen LogP contribution in [0.25, 0.3) is 0 Å². The molecule has 0 unspecified atom stereocenters. The monoisotopic (exact) mass is 315 g/mol. The molecule has 20 heavy (non-hydrogen) atoms. The average Bonchev–Trinajstić information content (AvgIpc) is 2.40. The standard InChI is InChI=1S/C9H17NO4.CH4O4S/c1-7(2)8(11)10-6-9(12-3,13-4)14-5;1-5-6(2,3)4/h1,6H2,2-5H3,(H,10,11);1H3,(H,2,3,4). The van der Waals surface area contributed by atoms with Gasteiger partial charge in [-0.3, -0.25) is 9.50 Å². The quantitative estimate of drug-likeness (QED) is 0.256. The zero-order chi connectivity index (χ0) is 16.4. The molecule has 0 spiro atoms. The van der Waals surface area contributed by atoms with Gasteiger partial charge in [-0.2, -0.15) is 0 Å². The van der Waals surface area contributed by atoms with Crippen molar-refractivity contribution in [1.82, 2.24) is 0 Å². The Balaban J connectivity index is 0. The van der Waals surface area contributed by atoms with Gasteiger partial charge in [0.2, 0.25) is 10.4 Å². The highest BCUT2D eigenvalue weighted by molar-refractivity contribution is 7.80. The van der Waals surface area contributed by atoms with E-state index in [1.165, 1.54) is 26.6 Å². The first-order valence-corrected chi connectivity index (χ1v) is 6.60. The van der Waals surface area contributed by atoms with Crippen LogP contribution < -0.4 is 5.32 Å². The fourth-order valence-corrected chi connectivity index (χ4v) is 0.892. The first-order chi connectivity index (χ1) is 9.07. The Morgan fingerprint density at radius 3 is 1.75 bits per heavy atom. The van der Waals surface area contributed by atoms with Crippen molar-refractivity contribution in [3.63, 3.8) is 0 Å². The molecule has 2 N–H and O–H groups in total. The van der Waals surface area contributed by atoms with Gasteiger partial charge in [0.05, 0.1) is 7.11 Å². The summed E-state index contributed by atoms with van der Waals surface area (Å²) in [6, 6.07) is 0. The number of hydrogen-bond acceptors (Lipinski definition) is 8. The van der Waals surface area contributed by atoms with Crippen LogP contribution in [0.1, 0.15) is 6.92 Å². The van der Waals surface area contributed by atoms with Crippen LogP contribution in [0.5, 0.6) is 0 Å². The Hall–Kier alpha value is -0.880. The molecule has 0 aliphatic carbocycles. The molecule has 9 nitrogen and oxygen atoms in total. The molecule has 0 radical (unpaired) electrons. The molecule has 0 aromatic heterocycles. The maximum atomic E-state index is 11.2. The number of carbonyl (C=O) groups is 1. The SMILES string of the molecule is C=C(C)C(=O)[NH2+]CC(OC)(OC)OC.COS(=O)(=O)[O-]. The molecule has 0 rings (SSSR count). The first kappa shape index (κ1) is 21.4. The highest BCUT2D eigenvalue weighted by Gasteiger charge is 2.33. The molecular weight excluding hydrogens is 294 g/mol. The topological polar surface area (TPSA) is 128 Å². The number of hydrogen-bond donors (Lipinski definition) is 1. The molecule has 0 aromatic rings. The van der Waals surface area contributed by atoms with E-state index in [9.17, 15) is 17.8 Å². The molecule has 10 heteroatoms. The highest BCUT2D eigenvalue weighted by Crippen LogP contribution is 2.08. The number of rotatable bonds is 7. The molecule has 0 saturated heterocycles. The predicted molar refractivity (Wildman–Crippen MR) is 67.1 cm³/mol. The average molecular weight is 315 g/mol. The second kappa shape index (κ2) is 9.94. The number of nitrogens with two attached hydrogens (primary N) is 1. The van der Waals surface area contributed by atoms with Gasteiger partial charge in [0.15, 0.2) is 6.54 Å². The Kier molecular flexibility index (Phi) is 10.6. The molecule has 0 aliphatic rings. The minimum atomic E-state index is -4.41. The van der Waals surface area contributed by atoms with E-state index >= 15 is 0 Å². The van der Waals surface area contributed by atoms with Crippen molar-refractivity contribution in [2.24, 2.45) is 0 Å². The molecule has 0 atom stereocenters.